The molecular formula is C11H15NO4. The average molecular weight is 225 g/mol. The number of furan rings is 1. The number of amides is 1. The highest BCUT2D eigenvalue weighted by molar-refractivity contribution is 5.97. The summed E-state index contributed by atoms with van der Waals surface area (Å²) in [7, 11) is 0. The van der Waals surface area contributed by atoms with Crippen LogP contribution in [-0.4, -0.2) is 23.0 Å². The SMILES string of the molecule is CCC[C@H](NC(=O)c1ccoc1C)C(=O)O. The molecule has 1 aromatic rings. The molecule has 0 saturated carbocycles. The van der Waals surface area contributed by atoms with E-state index in [1.54, 1.807) is 6.92 Å². The van der Waals surface area contributed by atoms with Crippen LogP contribution >= 0.6 is 0 Å². The van der Waals surface area contributed by atoms with Crippen LogP contribution in [0.25, 0.3) is 0 Å². The quantitative estimate of drug-likeness (QED) is 0.797. The van der Waals surface area contributed by atoms with Gasteiger partial charge in [-0.05, 0) is 19.4 Å². The lowest BCUT2D eigenvalue weighted by molar-refractivity contribution is -0.139. The van der Waals surface area contributed by atoms with Gasteiger partial charge in [0.05, 0.1) is 11.8 Å². The molecule has 0 aliphatic rings. The van der Waals surface area contributed by atoms with Crippen LogP contribution in [-0.2, 0) is 4.79 Å². The zero-order valence-electron chi connectivity index (χ0n) is 9.32. The first-order valence-corrected chi connectivity index (χ1v) is 5.14. The van der Waals surface area contributed by atoms with Crippen molar-refractivity contribution in [2.24, 2.45) is 0 Å². The van der Waals surface area contributed by atoms with Gasteiger partial charge < -0.3 is 14.8 Å². The summed E-state index contributed by atoms with van der Waals surface area (Å²) in [6.45, 7) is 3.52. The molecule has 5 heteroatoms. The Labute approximate surface area is 93.4 Å². The van der Waals surface area contributed by atoms with Crippen LogP contribution in [0.15, 0.2) is 16.7 Å². The minimum absolute atomic E-state index is 0.377. The van der Waals surface area contributed by atoms with Crippen LogP contribution in [0.2, 0.25) is 0 Å². The van der Waals surface area contributed by atoms with E-state index in [0.29, 0.717) is 24.2 Å². The van der Waals surface area contributed by atoms with Crippen LogP contribution in [0.5, 0.6) is 0 Å². The molecule has 1 amide bonds. The highest BCUT2D eigenvalue weighted by Gasteiger charge is 2.21. The lowest BCUT2D eigenvalue weighted by atomic mass is 10.1. The van der Waals surface area contributed by atoms with Crippen molar-refractivity contribution < 1.29 is 19.1 Å². The fourth-order valence-electron chi connectivity index (χ4n) is 1.40. The van der Waals surface area contributed by atoms with Gasteiger partial charge in [0.15, 0.2) is 0 Å². The predicted octanol–water partition coefficient (Wildman–Crippen LogP) is 1.57. The zero-order chi connectivity index (χ0) is 12.1. The maximum Gasteiger partial charge on any atom is 0.326 e. The first-order valence-electron chi connectivity index (χ1n) is 5.14. The van der Waals surface area contributed by atoms with Crippen molar-refractivity contribution in [1.82, 2.24) is 5.32 Å². The van der Waals surface area contributed by atoms with Gasteiger partial charge in [0, 0.05) is 0 Å². The second-order valence-electron chi connectivity index (χ2n) is 3.54. The van der Waals surface area contributed by atoms with Gasteiger partial charge >= 0.3 is 5.97 Å². The van der Waals surface area contributed by atoms with E-state index in [9.17, 15) is 9.59 Å². The molecule has 1 rings (SSSR count). The monoisotopic (exact) mass is 225 g/mol. The Morgan fingerprint density at radius 1 is 1.56 bits per heavy atom. The zero-order valence-corrected chi connectivity index (χ0v) is 9.32. The summed E-state index contributed by atoms with van der Waals surface area (Å²) in [4.78, 5) is 22.5. The van der Waals surface area contributed by atoms with Gasteiger partial charge in [0.1, 0.15) is 11.8 Å². The van der Waals surface area contributed by atoms with Crippen LogP contribution in [0.1, 0.15) is 35.9 Å². The van der Waals surface area contributed by atoms with Gasteiger partial charge in [-0.3, -0.25) is 4.79 Å². The Hall–Kier alpha value is -1.78. The first-order chi connectivity index (χ1) is 7.56. The number of nitrogens with one attached hydrogen (secondary N) is 1. The molecule has 0 aliphatic carbocycles. The van der Waals surface area contributed by atoms with Gasteiger partial charge in [0.2, 0.25) is 0 Å². The summed E-state index contributed by atoms with van der Waals surface area (Å²) in [5.41, 5.74) is 0.377. The number of carbonyl (C=O) groups excluding carboxylic acids is 1. The highest BCUT2D eigenvalue weighted by Crippen LogP contribution is 2.09. The Bertz CT molecular complexity index is 383. The Morgan fingerprint density at radius 2 is 2.25 bits per heavy atom. The number of aryl methyl sites for hydroxylation is 1. The molecule has 2 N–H and O–H groups in total. The van der Waals surface area contributed by atoms with Crippen LogP contribution in [0.4, 0.5) is 0 Å². The summed E-state index contributed by atoms with van der Waals surface area (Å²) in [5, 5.41) is 11.3. The molecule has 5 nitrogen and oxygen atoms in total. The van der Waals surface area contributed by atoms with E-state index in [0.717, 1.165) is 0 Å². The molecule has 0 saturated heterocycles. The summed E-state index contributed by atoms with van der Waals surface area (Å²) in [6.07, 6.45) is 2.51. The standard InChI is InChI=1S/C11H15NO4/c1-3-4-9(11(14)15)12-10(13)8-5-6-16-7(8)2/h5-6,9H,3-4H2,1-2H3,(H,12,13)(H,14,15)/t9-/m0/s1. The number of hydrogen-bond acceptors (Lipinski definition) is 3. The third-order valence-electron chi connectivity index (χ3n) is 2.28. The first kappa shape index (κ1) is 12.3. The van der Waals surface area contributed by atoms with E-state index in [-0.39, 0.29) is 0 Å². The van der Waals surface area contributed by atoms with Crippen molar-refractivity contribution in [1.29, 1.82) is 0 Å². The van der Waals surface area contributed by atoms with Crippen molar-refractivity contribution in [2.45, 2.75) is 32.7 Å². The molecule has 0 fully saturated rings. The normalized spacial score (nSPS) is 12.1. The lowest BCUT2D eigenvalue weighted by Crippen LogP contribution is -2.40. The smallest absolute Gasteiger partial charge is 0.326 e. The van der Waals surface area contributed by atoms with Gasteiger partial charge in [-0.25, -0.2) is 4.79 Å². The van der Waals surface area contributed by atoms with E-state index in [1.165, 1.54) is 12.3 Å². The largest absolute Gasteiger partial charge is 0.480 e. The van der Waals surface area contributed by atoms with E-state index in [2.05, 4.69) is 5.32 Å². The topological polar surface area (TPSA) is 79.5 Å². The van der Waals surface area contributed by atoms with Crippen molar-refractivity contribution >= 4 is 11.9 Å². The Balaban J connectivity index is 2.69. The number of rotatable bonds is 5. The Kier molecular flexibility index (Phi) is 4.10. The molecule has 0 unspecified atom stereocenters. The second-order valence-corrected chi connectivity index (χ2v) is 3.54. The minimum atomic E-state index is -1.02. The number of carboxylic acid groups (broad SMARTS) is 1. The van der Waals surface area contributed by atoms with Crippen molar-refractivity contribution in [2.75, 3.05) is 0 Å². The van der Waals surface area contributed by atoms with E-state index in [1.807, 2.05) is 6.92 Å². The summed E-state index contributed by atoms with van der Waals surface area (Å²) >= 11 is 0. The summed E-state index contributed by atoms with van der Waals surface area (Å²) in [5.74, 6) is -0.943. The van der Waals surface area contributed by atoms with Crippen molar-refractivity contribution in [3.05, 3.63) is 23.7 Å². The maximum atomic E-state index is 11.7. The van der Waals surface area contributed by atoms with Gasteiger partial charge in [-0.2, -0.15) is 0 Å². The van der Waals surface area contributed by atoms with Crippen LogP contribution < -0.4 is 5.32 Å². The van der Waals surface area contributed by atoms with Crippen molar-refractivity contribution in [3.8, 4) is 0 Å². The highest BCUT2D eigenvalue weighted by atomic mass is 16.4. The third-order valence-corrected chi connectivity index (χ3v) is 2.28. The maximum absolute atomic E-state index is 11.7. The second kappa shape index (κ2) is 5.34. The van der Waals surface area contributed by atoms with E-state index in [4.69, 9.17) is 9.52 Å². The fourth-order valence-corrected chi connectivity index (χ4v) is 1.40. The number of aliphatic carboxylic acids is 1. The predicted molar refractivity (Wildman–Crippen MR) is 57.2 cm³/mol. The van der Waals surface area contributed by atoms with Gasteiger partial charge in [-0.1, -0.05) is 13.3 Å². The molecule has 1 atom stereocenters. The average Bonchev–Trinajstić information content (AvgIpc) is 2.63. The van der Waals surface area contributed by atoms with Crippen LogP contribution in [0.3, 0.4) is 0 Å². The molecule has 0 aliphatic heterocycles. The minimum Gasteiger partial charge on any atom is -0.480 e. The molecule has 0 spiro atoms. The summed E-state index contributed by atoms with van der Waals surface area (Å²) in [6, 6.07) is 0.682. The molecule has 1 aromatic heterocycles. The molecule has 0 radical (unpaired) electrons. The lowest BCUT2D eigenvalue weighted by Gasteiger charge is -2.12. The van der Waals surface area contributed by atoms with E-state index >= 15 is 0 Å². The summed E-state index contributed by atoms with van der Waals surface area (Å²) < 4.78 is 4.98. The number of carbonyl (C=O) groups is 2. The fraction of sp³-hybridized carbons (Fsp3) is 0.455. The third kappa shape index (κ3) is 2.85. The Morgan fingerprint density at radius 3 is 2.69 bits per heavy atom. The van der Waals surface area contributed by atoms with Crippen LogP contribution in [0, 0.1) is 6.92 Å². The molecule has 0 bridgehead atoms. The molecule has 88 valence electrons. The van der Waals surface area contributed by atoms with Crippen molar-refractivity contribution in [3.63, 3.8) is 0 Å². The molecule has 16 heavy (non-hydrogen) atoms. The van der Waals surface area contributed by atoms with Gasteiger partial charge in [-0.15, -0.1) is 0 Å². The molecule has 1 heterocycles. The number of carboxylic acids is 1. The molecule has 0 aromatic carbocycles. The number of hydrogen-bond donors (Lipinski definition) is 2. The van der Waals surface area contributed by atoms with E-state index < -0.39 is 17.9 Å². The molecular weight excluding hydrogens is 210 g/mol. The van der Waals surface area contributed by atoms with Gasteiger partial charge in [0.25, 0.3) is 5.91 Å².